The van der Waals surface area contributed by atoms with Crippen molar-refractivity contribution in [1.29, 1.82) is 0 Å². The van der Waals surface area contributed by atoms with E-state index in [0.717, 1.165) is 11.5 Å². The Morgan fingerprint density at radius 1 is 1.27 bits per heavy atom. The van der Waals surface area contributed by atoms with Crippen LogP contribution in [-0.4, -0.2) is 20.2 Å². The topological polar surface area (TPSA) is 67.6 Å². The van der Waals surface area contributed by atoms with Gasteiger partial charge in [0.25, 0.3) is 0 Å². The molecule has 0 atom stereocenters. The lowest BCUT2D eigenvalue weighted by atomic mass is 10.3. The molecule has 1 fully saturated rings. The maximum atomic E-state index is 5.46. The van der Waals surface area contributed by atoms with E-state index in [1.54, 1.807) is 0 Å². The van der Waals surface area contributed by atoms with Gasteiger partial charge in [-0.1, -0.05) is 0 Å². The van der Waals surface area contributed by atoms with Gasteiger partial charge in [-0.25, -0.2) is 9.97 Å². The van der Waals surface area contributed by atoms with Gasteiger partial charge in [0.2, 0.25) is 5.82 Å². The number of aryl methyl sites for hydroxylation is 2. The monoisotopic (exact) mass is 204 g/mol. The molecule has 3 rings (SSSR count). The Balaban J connectivity index is 2.00. The summed E-state index contributed by atoms with van der Waals surface area (Å²) in [7, 11) is 0. The summed E-state index contributed by atoms with van der Waals surface area (Å²) in [5, 5.41) is 7.11. The molecule has 2 aromatic heterocycles. The number of rotatable bonds is 2. The lowest BCUT2D eigenvalue weighted by Gasteiger charge is -1.87. The van der Waals surface area contributed by atoms with Crippen LogP contribution in [0.2, 0.25) is 0 Å². The minimum Gasteiger partial charge on any atom is -0.437 e. The van der Waals surface area contributed by atoms with Crippen molar-refractivity contribution in [2.75, 3.05) is 0 Å². The molecule has 2 heterocycles. The average molecular weight is 204 g/mol. The normalized spacial score (nSPS) is 15.9. The van der Waals surface area contributed by atoms with Crippen molar-refractivity contribution in [1.82, 2.24) is 20.2 Å². The largest absolute Gasteiger partial charge is 0.437 e. The first kappa shape index (κ1) is 8.64. The Bertz CT molecular complexity index is 495. The van der Waals surface area contributed by atoms with Crippen LogP contribution in [0.4, 0.5) is 0 Å². The van der Waals surface area contributed by atoms with Gasteiger partial charge in [-0.2, -0.15) is 0 Å². The van der Waals surface area contributed by atoms with Crippen LogP contribution in [0.15, 0.2) is 4.42 Å². The van der Waals surface area contributed by atoms with Gasteiger partial charge in [-0.15, -0.1) is 5.10 Å². The van der Waals surface area contributed by atoms with Gasteiger partial charge in [0, 0.05) is 12.8 Å². The number of aromatic nitrogens is 4. The molecule has 0 bridgehead atoms. The van der Waals surface area contributed by atoms with E-state index in [0.29, 0.717) is 23.4 Å². The van der Waals surface area contributed by atoms with E-state index in [9.17, 15) is 0 Å². The first-order chi connectivity index (χ1) is 7.24. The molecule has 1 saturated carbocycles. The quantitative estimate of drug-likeness (QED) is 0.811. The molecule has 0 aliphatic heterocycles. The first-order valence-electron chi connectivity index (χ1n) is 5.11. The van der Waals surface area contributed by atoms with Crippen molar-refractivity contribution >= 4 is 0 Å². The second-order valence-corrected chi connectivity index (χ2v) is 3.97. The molecule has 0 radical (unpaired) electrons. The Morgan fingerprint density at radius 3 is 2.67 bits per heavy atom. The molecule has 1 N–H and O–H groups in total. The highest BCUT2D eigenvalue weighted by Gasteiger charge is 2.28. The van der Waals surface area contributed by atoms with Crippen LogP contribution >= 0.6 is 0 Å². The Labute approximate surface area is 86.9 Å². The maximum Gasteiger partial charge on any atom is 0.218 e. The third-order valence-electron chi connectivity index (χ3n) is 2.57. The van der Waals surface area contributed by atoms with Crippen molar-refractivity contribution in [2.24, 2.45) is 0 Å². The van der Waals surface area contributed by atoms with Gasteiger partial charge in [0.05, 0.1) is 5.69 Å². The van der Waals surface area contributed by atoms with Gasteiger partial charge < -0.3 is 4.42 Å². The molecule has 5 nitrogen and oxygen atoms in total. The molecular weight excluding hydrogens is 192 g/mol. The van der Waals surface area contributed by atoms with Crippen molar-refractivity contribution in [3.63, 3.8) is 0 Å². The van der Waals surface area contributed by atoms with Gasteiger partial charge in [-0.05, 0) is 19.8 Å². The highest BCUT2D eigenvalue weighted by Crippen LogP contribution is 2.38. The highest BCUT2D eigenvalue weighted by molar-refractivity contribution is 5.49. The standard InChI is InChI=1S/C10H12N4O/c1-5-8(15-6(2)11-5)10-12-9(13-14-10)7-3-4-7/h7H,3-4H2,1-2H3,(H,12,13,14). The zero-order valence-corrected chi connectivity index (χ0v) is 8.74. The zero-order chi connectivity index (χ0) is 10.4. The maximum absolute atomic E-state index is 5.46. The van der Waals surface area contributed by atoms with Crippen molar-refractivity contribution in [3.05, 3.63) is 17.4 Å². The predicted molar refractivity (Wildman–Crippen MR) is 53.3 cm³/mol. The third-order valence-corrected chi connectivity index (χ3v) is 2.57. The molecule has 0 spiro atoms. The summed E-state index contributed by atoms with van der Waals surface area (Å²) < 4.78 is 5.46. The summed E-state index contributed by atoms with van der Waals surface area (Å²) in [6.45, 7) is 3.73. The molecule has 15 heavy (non-hydrogen) atoms. The summed E-state index contributed by atoms with van der Waals surface area (Å²) in [4.78, 5) is 8.61. The van der Waals surface area contributed by atoms with Crippen LogP contribution in [0.5, 0.6) is 0 Å². The fourth-order valence-corrected chi connectivity index (χ4v) is 1.65. The zero-order valence-electron chi connectivity index (χ0n) is 8.74. The van der Waals surface area contributed by atoms with Gasteiger partial charge in [-0.3, -0.25) is 5.10 Å². The van der Waals surface area contributed by atoms with E-state index >= 15 is 0 Å². The van der Waals surface area contributed by atoms with Crippen LogP contribution in [0.25, 0.3) is 11.6 Å². The number of oxazole rings is 1. The minimum absolute atomic E-state index is 0.579. The molecule has 0 saturated heterocycles. The number of nitrogens with zero attached hydrogens (tertiary/aromatic N) is 3. The smallest absolute Gasteiger partial charge is 0.218 e. The Hall–Kier alpha value is -1.65. The summed E-state index contributed by atoms with van der Waals surface area (Å²) in [5.41, 5.74) is 0.842. The van der Waals surface area contributed by atoms with Gasteiger partial charge in [0.1, 0.15) is 5.82 Å². The molecule has 0 amide bonds. The van der Waals surface area contributed by atoms with Crippen LogP contribution in [0, 0.1) is 13.8 Å². The lowest BCUT2D eigenvalue weighted by molar-refractivity contribution is 0.530. The number of H-pyrrole nitrogens is 1. The van der Waals surface area contributed by atoms with Gasteiger partial charge >= 0.3 is 0 Å². The Kier molecular flexibility index (Phi) is 1.68. The Morgan fingerprint density at radius 2 is 2.07 bits per heavy atom. The fourth-order valence-electron chi connectivity index (χ4n) is 1.65. The van der Waals surface area contributed by atoms with Crippen LogP contribution < -0.4 is 0 Å². The summed E-state index contributed by atoms with van der Waals surface area (Å²) in [6.07, 6.45) is 2.42. The van der Waals surface area contributed by atoms with Crippen molar-refractivity contribution < 1.29 is 4.42 Å². The molecule has 78 valence electrons. The molecule has 1 aliphatic carbocycles. The van der Waals surface area contributed by atoms with Crippen LogP contribution in [0.1, 0.15) is 36.2 Å². The van der Waals surface area contributed by atoms with Crippen LogP contribution in [0.3, 0.4) is 0 Å². The molecular formula is C10H12N4O. The second kappa shape index (κ2) is 2.92. The van der Waals surface area contributed by atoms with Gasteiger partial charge in [0.15, 0.2) is 11.7 Å². The van der Waals surface area contributed by atoms with Crippen molar-refractivity contribution in [3.8, 4) is 11.6 Å². The summed E-state index contributed by atoms with van der Waals surface area (Å²) >= 11 is 0. The summed E-state index contributed by atoms with van der Waals surface area (Å²) in [5.74, 6) is 3.50. The third kappa shape index (κ3) is 1.44. The summed E-state index contributed by atoms with van der Waals surface area (Å²) in [6, 6.07) is 0. The van der Waals surface area contributed by atoms with E-state index in [-0.39, 0.29) is 0 Å². The molecule has 0 unspecified atom stereocenters. The minimum atomic E-state index is 0.579. The number of nitrogens with one attached hydrogen (secondary N) is 1. The average Bonchev–Trinajstić information content (AvgIpc) is 2.83. The molecule has 5 heteroatoms. The lowest BCUT2D eigenvalue weighted by Crippen LogP contribution is -1.82. The first-order valence-corrected chi connectivity index (χ1v) is 5.11. The van der Waals surface area contributed by atoms with E-state index in [1.165, 1.54) is 12.8 Å². The van der Waals surface area contributed by atoms with Crippen molar-refractivity contribution in [2.45, 2.75) is 32.6 Å². The molecule has 2 aromatic rings. The predicted octanol–water partition coefficient (Wildman–Crippen LogP) is 1.95. The number of hydrogen-bond donors (Lipinski definition) is 1. The fraction of sp³-hybridized carbons (Fsp3) is 0.500. The number of hydrogen-bond acceptors (Lipinski definition) is 4. The second-order valence-electron chi connectivity index (χ2n) is 3.97. The highest BCUT2D eigenvalue weighted by atomic mass is 16.4. The molecule has 0 aromatic carbocycles. The van der Waals surface area contributed by atoms with E-state index in [1.807, 2.05) is 13.8 Å². The SMILES string of the molecule is Cc1nc(C)c(-c2n[nH]c(C3CC3)n2)o1. The van der Waals surface area contributed by atoms with E-state index < -0.39 is 0 Å². The van der Waals surface area contributed by atoms with E-state index in [4.69, 9.17) is 4.42 Å². The van der Waals surface area contributed by atoms with E-state index in [2.05, 4.69) is 20.2 Å². The number of aromatic amines is 1. The van der Waals surface area contributed by atoms with Crippen LogP contribution in [-0.2, 0) is 0 Å². The molecule has 1 aliphatic rings.